The molecular weight excluding hydrogens is 362 g/mol. The van der Waals surface area contributed by atoms with Crippen molar-refractivity contribution in [2.24, 2.45) is 0 Å². The number of carbonyl (C=O) groups excluding carboxylic acids is 1. The summed E-state index contributed by atoms with van der Waals surface area (Å²) >= 11 is 0.717. The number of ether oxygens (including phenoxy) is 2. The van der Waals surface area contributed by atoms with Crippen LogP contribution in [0, 0.1) is 10.1 Å². The molecule has 9 nitrogen and oxygen atoms in total. The van der Waals surface area contributed by atoms with Gasteiger partial charge in [-0.1, -0.05) is 11.3 Å². The first kappa shape index (κ1) is 15.3. The minimum atomic E-state index is -3.73. The van der Waals surface area contributed by atoms with E-state index in [0.29, 0.717) is 16.9 Å². The van der Waals surface area contributed by atoms with Gasteiger partial charge in [0.15, 0.2) is 11.5 Å². The van der Waals surface area contributed by atoms with Crippen molar-refractivity contribution in [1.29, 1.82) is 0 Å². The molecular formula is C13H6F2N4O5S. The molecule has 0 spiro atoms. The van der Waals surface area contributed by atoms with E-state index in [-0.39, 0.29) is 32.8 Å². The number of nitro groups is 1. The number of aromatic nitrogens is 2. The van der Waals surface area contributed by atoms with Gasteiger partial charge in [-0.3, -0.25) is 20.2 Å². The topological polar surface area (TPSA) is 119 Å². The Kier molecular flexibility index (Phi) is 3.12. The first-order valence-electron chi connectivity index (χ1n) is 6.66. The molecule has 128 valence electrons. The number of aromatic amines is 1. The average molecular weight is 368 g/mol. The quantitative estimate of drug-likeness (QED) is 0.541. The van der Waals surface area contributed by atoms with Crippen LogP contribution in [0.25, 0.3) is 11.0 Å². The Labute approximate surface area is 140 Å². The van der Waals surface area contributed by atoms with Gasteiger partial charge in [0.2, 0.25) is 5.95 Å². The van der Waals surface area contributed by atoms with Crippen molar-refractivity contribution in [2.75, 3.05) is 5.32 Å². The van der Waals surface area contributed by atoms with Crippen molar-refractivity contribution < 1.29 is 28.0 Å². The van der Waals surface area contributed by atoms with Crippen LogP contribution in [-0.2, 0) is 0 Å². The summed E-state index contributed by atoms with van der Waals surface area (Å²) in [5, 5.41) is 12.9. The van der Waals surface area contributed by atoms with Gasteiger partial charge >= 0.3 is 11.3 Å². The van der Waals surface area contributed by atoms with E-state index in [0.717, 1.165) is 0 Å². The molecule has 3 heterocycles. The Morgan fingerprint density at radius 1 is 1.32 bits per heavy atom. The van der Waals surface area contributed by atoms with Crippen LogP contribution >= 0.6 is 11.3 Å². The van der Waals surface area contributed by atoms with Crippen LogP contribution in [-0.4, -0.2) is 27.1 Å². The molecule has 1 aliphatic heterocycles. The summed E-state index contributed by atoms with van der Waals surface area (Å²) in [7, 11) is 0. The zero-order chi connectivity index (χ0) is 17.8. The Morgan fingerprint density at radius 3 is 2.72 bits per heavy atom. The van der Waals surface area contributed by atoms with Crippen molar-refractivity contribution in [1.82, 2.24) is 9.97 Å². The van der Waals surface area contributed by atoms with Crippen LogP contribution in [0.4, 0.5) is 19.7 Å². The van der Waals surface area contributed by atoms with E-state index < -0.39 is 17.1 Å². The third-order valence-corrected chi connectivity index (χ3v) is 4.27. The second-order valence-electron chi connectivity index (χ2n) is 4.92. The predicted octanol–water partition coefficient (Wildman–Crippen LogP) is 3.11. The van der Waals surface area contributed by atoms with Crippen LogP contribution in [0.5, 0.6) is 11.5 Å². The average Bonchev–Trinajstić information content (AvgIpc) is 3.18. The molecule has 25 heavy (non-hydrogen) atoms. The maximum absolute atomic E-state index is 13.0. The number of benzene rings is 1. The summed E-state index contributed by atoms with van der Waals surface area (Å²) in [6.07, 6.45) is -3.73. The van der Waals surface area contributed by atoms with Gasteiger partial charge < -0.3 is 14.5 Å². The van der Waals surface area contributed by atoms with Crippen molar-refractivity contribution in [3.8, 4) is 11.5 Å². The number of nitrogens with zero attached hydrogens (tertiary/aromatic N) is 2. The molecule has 4 rings (SSSR count). The number of imidazole rings is 1. The highest BCUT2D eigenvalue weighted by Crippen LogP contribution is 2.42. The van der Waals surface area contributed by atoms with Crippen LogP contribution < -0.4 is 14.8 Å². The number of anilines is 1. The zero-order valence-corrected chi connectivity index (χ0v) is 12.7. The molecule has 2 aromatic heterocycles. The molecule has 1 amide bonds. The van der Waals surface area contributed by atoms with E-state index in [9.17, 15) is 23.7 Å². The zero-order valence-electron chi connectivity index (χ0n) is 11.9. The number of alkyl halides is 2. The molecule has 12 heteroatoms. The van der Waals surface area contributed by atoms with Crippen LogP contribution in [0.15, 0.2) is 24.3 Å². The Bertz CT molecular complexity index is 986. The van der Waals surface area contributed by atoms with E-state index in [1.54, 1.807) is 0 Å². The summed E-state index contributed by atoms with van der Waals surface area (Å²) < 4.78 is 34.7. The minimum absolute atomic E-state index is 0.0477. The third kappa shape index (κ3) is 2.71. The minimum Gasteiger partial charge on any atom is -0.395 e. The van der Waals surface area contributed by atoms with Gasteiger partial charge in [0.1, 0.15) is 0 Å². The number of hydrogen-bond donors (Lipinski definition) is 2. The molecule has 0 saturated carbocycles. The number of thiophene rings is 1. The maximum atomic E-state index is 13.0. The Hall–Kier alpha value is -3.28. The SMILES string of the molecule is O=C(Nc1nc2cc3c(cc2[nH]1)OC(F)(F)O3)c1ccc([N+](=O)[O-])s1. The monoisotopic (exact) mass is 368 g/mol. The number of hydrogen-bond acceptors (Lipinski definition) is 7. The van der Waals surface area contributed by atoms with E-state index in [4.69, 9.17) is 0 Å². The number of halogens is 2. The summed E-state index contributed by atoms with van der Waals surface area (Å²) in [6, 6.07) is 5.05. The molecule has 0 fully saturated rings. The second kappa shape index (κ2) is 5.11. The number of fused-ring (bicyclic) bond motifs is 2. The molecule has 0 radical (unpaired) electrons. The van der Waals surface area contributed by atoms with Crippen LogP contribution in [0.2, 0.25) is 0 Å². The Morgan fingerprint density at radius 2 is 2.04 bits per heavy atom. The van der Waals surface area contributed by atoms with Gasteiger partial charge in [-0.05, 0) is 6.07 Å². The van der Waals surface area contributed by atoms with Crippen molar-refractivity contribution in [2.45, 2.75) is 6.29 Å². The van der Waals surface area contributed by atoms with Gasteiger partial charge in [0.25, 0.3) is 5.91 Å². The lowest BCUT2D eigenvalue weighted by Crippen LogP contribution is -2.25. The van der Waals surface area contributed by atoms with E-state index in [2.05, 4.69) is 24.8 Å². The number of amides is 1. The highest BCUT2D eigenvalue weighted by atomic mass is 32.1. The summed E-state index contributed by atoms with van der Waals surface area (Å²) in [4.78, 5) is 29.0. The summed E-state index contributed by atoms with van der Waals surface area (Å²) in [5.41, 5.74) is 0.611. The van der Waals surface area contributed by atoms with Crippen molar-refractivity contribution in [3.05, 3.63) is 39.3 Å². The van der Waals surface area contributed by atoms with Crippen molar-refractivity contribution >= 4 is 39.2 Å². The molecule has 1 aromatic carbocycles. The van der Waals surface area contributed by atoms with Gasteiger partial charge in [-0.25, -0.2) is 4.98 Å². The molecule has 2 N–H and O–H groups in total. The highest BCUT2D eigenvalue weighted by molar-refractivity contribution is 7.17. The standard InChI is InChI=1S/C13H6F2N4O5S/c14-13(15)23-7-3-5-6(4-8(7)24-13)17-12(16-5)18-11(20)9-1-2-10(25-9)19(21)22/h1-4H,(H2,16,17,18,20). The number of carbonyl (C=O) groups is 1. The van der Waals surface area contributed by atoms with Gasteiger partial charge in [0, 0.05) is 18.2 Å². The lowest BCUT2D eigenvalue weighted by atomic mass is 10.3. The maximum Gasteiger partial charge on any atom is 0.586 e. The Balaban J connectivity index is 1.58. The smallest absolute Gasteiger partial charge is 0.395 e. The molecule has 0 unspecified atom stereocenters. The lowest BCUT2D eigenvalue weighted by Gasteiger charge is -2.04. The number of nitrogens with one attached hydrogen (secondary N) is 2. The number of H-pyrrole nitrogens is 1. The number of rotatable bonds is 3. The van der Waals surface area contributed by atoms with Crippen LogP contribution in [0.1, 0.15) is 9.67 Å². The second-order valence-corrected chi connectivity index (χ2v) is 5.98. The van der Waals surface area contributed by atoms with E-state index in [1.807, 2.05) is 0 Å². The lowest BCUT2D eigenvalue weighted by molar-refractivity contribution is -0.380. The van der Waals surface area contributed by atoms with E-state index >= 15 is 0 Å². The molecule has 3 aromatic rings. The van der Waals surface area contributed by atoms with Gasteiger partial charge in [0.05, 0.1) is 20.8 Å². The van der Waals surface area contributed by atoms with Gasteiger partial charge in [-0.15, -0.1) is 8.78 Å². The van der Waals surface area contributed by atoms with E-state index in [1.165, 1.54) is 24.3 Å². The first-order valence-corrected chi connectivity index (χ1v) is 7.47. The van der Waals surface area contributed by atoms with Crippen molar-refractivity contribution in [3.63, 3.8) is 0 Å². The fourth-order valence-corrected chi connectivity index (χ4v) is 2.95. The molecule has 0 atom stereocenters. The third-order valence-electron chi connectivity index (χ3n) is 3.23. The summed E-state index contributed by atoms with van der Waals surface area (Å²) in [5.74, 6) is -0.876. The van der Waals surface area contributed by atoms with Gasteiger partial charge in [-0.2, -0.15) is 0 Å². The fraction of sp³-hybridized carbons (Fsp3) is 0.0769. The molecule has 0 bridgehead atoms. The normalized spacial score (nSPS) is 14.6. The summed E-state index contributed by atoms with van der Waals surface area (Å²) in [6.45, 7) is 0. The molecule has 0 saturated heterocycles. The molecule has 0 aliphatic carbocycles. The predicted molar refractivity (Wildman–Crippen MR) is 81.2 cm³/mol. The first-order chi connectivity index (χ1) is 11.8. The fourth-order valence-electron chi connectivity index (χ4n) is 2.23. The highest BCUT2D eigenvalue weighted by Gasteiger charge is 2.43. The largest absolute Gasteiger partial charge is 0.586 e. The van der Waals surface area contributed by atoms with Crippen LogP contribution in [0.3, 0.4) is 0 Å². The molecule has 1 aliphatic rings.